The van der Waals surface area contributed by atoms with Gasteiger partial charge in [-0.05, 0) is 24.6 Å². The SMILES string of the molecule is Cc1c(F)cc(C2CNCCO2)cc1F. The molecule has 1 unspecified atom stereocenters. The van der Waals surface area contributed by atoms with Crippen molar-refractivity contribution in [1.82, 2.24) is 5.32 Å². The Hall–Kier alpha value is -1.00. The molecule has 0 aliphatic carbocycles. The summed E-state index contributed by atoms with van der Waals surface area (Å²) in [6, 6.07) is 2.69. The van der Waals surface area contributed by atoms with Crippen molar-refractivity contribution in [3.05, 3.63) is 34.9 Å². The second-order valence-electron chi connectivity index (χ2n) is 3.67. The van der Waals surface area contributed by atoms with Gasteiger partial charge in [-0.1, -0.05) is 0 Å². The van der Waals surface area contributed by atoms with Crippen LogP contribution < -0.4 is 5.32 Å². The molecule has 0 radical (unpaired) electrons. The molecule has 2 nitrogen and oxygen atoms in total. The highest BCUT2D eigenvalue weighted by Gasteiger charge is 2.18. The predicted molar refractivity (Wildman–Crippen MR) is 52.7 cm³/mol. The summed E-state index contributed by atoms with van der Waals surface area (Å²) >= 11 is 0. The van der Waals surface area contributed by atoms with E-state index in [4.69, 9.17) is 4.74 Å². The van der Waals surface area contributed by atoms with Crippen LogP contribution in [-0.4, -0.2) is 19.7 Å². The first-order valence-corrected chi connectivity index (χ1v) is 4.96. The highest BCUT2D eigenvalue weighted by molar-refractivity contribution is 5.27. The van der Waals surface area contributed by atoms with Crippen molar-refractivity contribution in [2.45, 2.75) is 13.0 Å². The van der Waals surface area contributed by atoms with E-state index < -0.39 is 11.6 Å². The molecule has 0 spiro atoms. The molecule has 1 saturated heterocycles. The first-order chi connectivity index (χ1) is 7.18. The quantitative estimate of drug-likeness (QED) is 0.769. The van der Waals surface area contributed by atoms with Gasteiger partial charge in [-0.2, -0.15) is 0 Å². The molecule has 0 saturated carbocycles. The molecule has 1 aromatic carbocycles. The van der Waals surface area contributed by atoms with Gasteiger partial charge in [0.1, 0.15) is 11.6 Å². The first-order valence-electron chi connectivity index (χ1n) is 4.96. The third kappa shape index (κ3) is 2.16. The largest absolute Gasteiger partial charge is 0.371 e. The summed E-state index contributed by atoms with van der Waals surface area (Å²) in [4.78, 5) is 0. The van der Waals surface area contributed by atoms with Gasteiger partial charge in [0.2, 0.25) is 0 Å². The van der Waals surface area contributed by atoms with E-state index in [1.54, 1.807) is 0 Å². The van der Waals surface area contributed by atoms with E-state index in [2.05, 4.69) is 5.32 Å². The van der Waals surface area contributed by atoms with Gasteiger partial charge in [0.25, 0.3) is 0 Å². The molecule has 1 aliphatic rings. The lowest BCUT2D eigenvalue weighted by atomic mass is 10.1. The number of benzene rings is 1. The van der Waals surface area contributed by atoms with Crippen LogP contribution in [0.3, 0.4) is 0 Å². The fourth-order valence-corrected chi connectivity index (χ4v) is 1.63. The Morgan fingerprint density at radius 1 is 1.33 bits per heavy atom. The molecule has 2 rings (SSSR count). The van der Waals surface area contributed by atoms with E-state index in [-0.39, 0.29) is 11.7 Å². The molecule has 0 amide bonds. The van der Waals surface area contributed by atoms with Crippen LogP contribution >= 0.6 is 0 Å². The van der Waals surface area contributed by atoms with Crippen LogP contribution in [0.5, 0.6) is 0 Å². The van der Waals surface area contributed by atoms with Gasteiger partial charge in [0, 0.05) is 18.7 Å². The van der Waals surface area contributed by atoms with Crippen molar-refractivity contribution >= 4 is 0 Å². The number of hydrogen-bond donors (Lipinski definition) is 1. The second-order valence-corrected chi connectivity index (χ2v) is 3.67. The van der Waals surface area contributed by atoms with Crippen molar-refractivity contribution < 1.29 is 13.5 Å². The van der Waals surface area contributed by atoms with E-state index in [1.165, 1.54) is 19.1 Å². The molecule has 82 valence electrons. The minimum Gasteiger partial charge on any atom is -0.371 e. The molecule has 1 fully saturated rings. The first kappa shape index (κ1) is 10.5. The van der Waals surface area contributed by atoms with Crippen LogP contribution in [0.25, 0.3) is 0 Å². The molecule has 1 aromatic rings. The smallest absolute Gasteiger partial charge is 0.129 e. The fraction of sp³-hybridized carbons (Fsp3) is 0.455. The third-order valence-corrected chi connectivity index (χ3v) is 2.60. The molecule has 4 heteroatoms. The molecule has 1 atom stereocenters. The molecular formula is C11H13F2NO. The van der Waals surface area contributed by atoms with E-state index in [9.17, 15) is 8.78 Å². The van der Waals surface area contributed by atoms with Crippen LogP contribution in [-0.2, 0) is 4.74 Å². The number of rotatable bonds is 1. The maximum absolute atomic E-state index is 13.3. The van der Waals surface area contributed by atoms with Gasteiger partial charge in [-0.15, -0.1) is 0 Å². The zero-order chi connectivity index (χ0) is 10.8. The minimum absolute atomic E-state index is 0.0579. The van der Waals surface area contributed by atoms with Crippen LogP contribution in [0, 0.1) is 18.6 Å². The average molecular weight is 213 g/mol. The van der Waals surface area contributed by atoms with Crippen molar-refractivity contribution in [2.24, 2.45) is 0 Å². The molecule has 1 aliphatic heterocycles. The van der Waals surface area contributed by atoms with E-state index in [0.29, 0.717) is 18.7 Å². The van der Waals surface area contributed by atoms with Gasteiger partial charge in [-0.3, -0.25) is 0 Å². The van der Waals surface area contributed by atoms with Crippen molar-refractivity contribution in [1.29, 1.82) is 0 Å². The van der Waals surface area contributed by atoms with E-state index >= 15 is 0 Å². The van der Waals surface area contributed by atoms with Gasteiger partial charge >= 0.3 is 0 Å². The summed E-state index contributed by atoms with van der Waals surface area (Å²) in [5.74, 6) is -1.03. The standard InChI is InChI=1S/C11H13F2NO/c1-7-9(12)4-8(5-10(7)13)11-6-14-2-3-15-11/h4-5,11,14H,2-3,6H2,1H3. The average Bonchev–Trinajstić information content (AvgIpc) is 2.26. The minimum atomic E-state index is -0.515. The number of morpholine rings is 1. The Labute approximate surface area is 87.2 Å². The number of ether oxygens (including phenoxy) is 1. The Morgan fingerprint density at radius 2 is 2.00 bits per heavy atom. The summed E-state index contributed by atoms with van der Waals surface area (Å²) in [5, 5.41) is 3.12. The summed E-state index contributed by atoms with van der Waals surface area (Å²) in [7, 11) is 0. The number of hydrogen-bond acceptors (Lipinski definition) is 2. The third-order valence-electron chi connectivity index (χ3n) is 2.60. The van der Waals surface area contributed by atoms with Crippen molar-refractivity contribution in [3.63, 3.8) is 0 Å². The second kappa shape index (κ2) is 4.24. The normalized spacial score (nSPS) is 21.7. The summed E-state index contributed by atoms with van der Waals surface area (Å²) in [6.07, 6.45) is -0.247. The van der Waals surface area contributed by atoms with Crippen molar-refractivity contribution in [2.75, 3.05) is 19.7 Å². The predicted octanol–water partition coefficient (Wildman–Crippen LogP) is 1.93. The van der Waals surface area contributed by atoms with Gasteiger partial charge < -0.3 is 10.1 Å². The number of halogens is 2. The van der Waals surface area contributed by atoms with Crippen LogP contribution in [0.2, 0.25) is 0 Å². The van der Waals surface area contributed by atoms with Crippen LogP contribution in [0.4, 0.5) is 8.78 Å². The van der Waals surface area contributed by atoms with Gasteiger partial charge in [-0.25, -0.2) is 8.78 Å². The summed E-state index contributed by atoms with van der Waals surface area (Å²) in [5.41, 5.74) is 0.616. The maximum atomic E-state index is 13.3. The monoisotopic (exact) mass is 213 g/mol. The summed E-state index contributed by atoms with van der Waals surface area (Å²) < 4.78 is 32.0. The maximum Gasteiger partial charge on any atom is 0.129 e. The molecule has 15 heavy (non-hydrogen) atoms. The zero-order valence-electron chi connectivity index (χ0n) is 8.52. The van der Waals surface area contributed by atoms with E-state index in [1.807, 2.05) is 0 Å². The molecule has 1 N–H and O–H groups in total. The Kier molecular flexibility index (Phi) is 2.98. The van der Waals surface area contributed by atoms with Gasteiger partial charge in [0.15, 0.2) is 0 Å². The fourth-order valence-electron chi connectivity index (χ4n) is 1.63. The van der Waals surface area contributed by atoms with Gasteiger partial charge in [0.05, 0.1) is 12.7 Å². The lowest BCUT2D eigenvalue weighted by molar-refractivity contribution is 0.0273. The topological polar surface area (TPSA) is 21.3 Å². The lowest BCUT2D eigenvalue weighted by Crippen LogP contribution is -2.33. The Bertz CT molecular complexity index is 339. The summed E-state index contributed by atoms with van der Waals surface area (Å²) in [6.45, 7) is 3.38. The lowest BCUT2D eigenvalue weighted by Gasteiger charge is -2.24. The molecular weight excluding hydrogens is 200 g/mol. The van der Waals surface area contributed by atoms with E-state index in [0.717, 1.165) is 6.54 Å². The Morgan fingerprint density at radius 3 is 2.53 bits per heavy atom. The molecule has 0 aromatic heterocycles. The highest BCUT2D eigenvalue weighted by Crippen LogP contribution is 2.23. The van der Waals surface area contributed by atoms with Crippen molar-refractivity contribution in [3.8, 4) is 0 Å². The molecule has 0 bridgehead atoms. The van der Waals surface area contributed by atoms with Crippen LogP contribution in [0.15, 0.2) is 12.1 Å². The number of nitrogens with one attached hydrogen (secondary N) is 1. The Balaban J connectivity index is 2.27. The zero-order valence-corrected chi connectivity index (χ0v) is 8.52. The van der Waals surface area contributed by atoms with Crippen LogP contribution in [0.1, 0.15) is 17.2 Å². The highest BCUT2D eigenvalue weighted by atomic mass is 19.1. The molecule has 1 heterocycles.